The van der Waals surface area contributed by atoms with Gasteiger partial charge in [-0.25, -0.2) is 0 Å². The SMILES string of the molecule is C=C(C)C(NC)C1(C)CCCCO1. The van der Waals surface area contributed by atoms with Crippen LogP contribution in [0.4, 0.5) is 0 Å². The van der Waals surface area contributed by atoms with Crippen molar-refractivity contribution in [1.29, 1.82) is 0 Å². The molecule has 1 saturated heterocycles. The zero-order valence-corrected chi connectivity index (χ0v) is 9.02. The zero-order chi connectivity index (χ0) is 9.90. The van der Waals surface area contributed by atoms with Crippen LogP contribution in [-0.4, -0.2) is 25.3 Å². The molecule has 0 bridgehead atoms. The lowest BCUT2D eigenvalue weighted by Crippen LogP contribution is -2.51. The van der Waals surface area contributed by atoms with Gasteiger partial charge in [0.15, 0.2) is 0 Å². The molecule has 0 aromatic rings. The van der Waals surface area contributed by atoms with Gasteiger partial charge in [0.25, 0.3) is 0 Å². The summed E-state index contributed by atoms with van der Waals surface area (Å²) < 4.78 is 5.86. The fourth-order valence-electron chi connectivity index (χ4n) is 2.26. The highest BCUT2D eigenvalue weighted by molar-refractivity contribution is 5.10. The molecule has 13 heavy (non-hydrogen) atoms. The predicted molar refractivity (Wildman–Crippen MR) is 55.9 cm³/mol. The minimum Gasteiger partial charge on any atom is -0.373 e. The summed E-state index contributed by atoms with van der Waals surface area (Å²) in [4.78, 5) is 0. The van der Waals surface area contributed by atoms with E-state index >= 15 is 0 Å². The quantitative estimate of drug-likeness (QED) is 0.677. The summed E-state index contributed by atoms with van der Waals surface area (Å²) in [7, 11) is 1.97. The largest absolute Gasteiger partial charge is 0.373 e. The maximum Gasteiger partial charge on any atom is 0.0844 e. The predicted octanol–water partition coefficient (Wildman–Crippen LogP) is 2.11. The van der Waals surface area contributed by atoms with Crippen molar-refractivity contribution in [3.05, 3.63) is 12.2 Å². The zero-order valence-electron chi connectivity index (χ0n) is 9.02. The summed E-state index contributed by atoms with van der Waals surface area (Å²) in [5.41, 5.74) is 1.12. The highest BCUT2D eigenvalue weighted by Gasteiger charge is 2.36. The fourth-order valence-corrected chi connectivity index (χ4v) is 2.26. The molecule has 0 radical (unpaired) electrons. The molecule has 1 N–H and O–H groups in total. The van der Waals surface area contributed by atoms with Gasteiger partial charge in [0.2, 0.25) is 0 Å². The second kappa shape index (κ2) is 4.25. The Hall–Kier alpha value is -0.340. The molecule has 0 amide bonds. The molecule has 2 atom stereocenters. The first-order valence-electron chi connectivity index (χ1n) is 5.07. The third-order valence-corrected chi connectivity index (χ3v) is 2.89. The van der Waals surface area contributed by atoms with Crippen LogP contribution in [0.3, 0.4) is 0 Å². The first kappa shape index (κ1) is 10.7. The number of likely N-dealkylation sites (N-methyl/N-ethyl adjacent to an activating group) is 1. The third kappa shape index (κ3) is 2.32. The molecule has 0 aliphatic carbocycles. The minimum atomic E-state index is -0.0428. The fraction of sp³-hybridized carbons (Fsp3) is 0.818. The van der Waals surface area contributed by atoms with Crippen LogP contribution < -0.4 is 5.32 Å². The van der Waals surface area contributed by atoms with Gasteiger partial charge < -0.3 is 10.1 Å². The van der Waals surface area contributed by atoms with Crippen molar-refractivity contribution >= 4 is 0 Å². The number of nitrogens with one attached hydrogen (secondary N) is 1. The van der Waals surface area contributed by atoms with Gasteiger partial charge in [0.1, 0.15) is 0 Å². The Morgan fingerprint density at radius 2 is 2.23 bits per heavy atom. The second-order valence-corrected chi connectivity index (χ2v) is 4.19. The van der Waals surface area contributed by atoms with Crippen LogP contribution in [-0.2, 0) is 4.74 Å². The highest BCUT2D eigenvalue weighted by atomic mass is 16.5. The van der Waals surface area contributed by atoms with Gasteiger partial charge in [-0.1, -0.05) is 12.2 Å². The van der Waals surface area contributed by atoms with E-state index in [2.05, 4.69) is 25.7 Å². The summed E-state index contributed by atoms with van der Waals surface area (Å²) >= 11 is 0. The Balaban J connectivity index is 2.68. The Bertz CT molecular complexity index is 183. The van der Waals surface area contributed by atoms with Crippen molar-refractivity contribution in [2.75, 3.05) is 13.7 Å². The van der Waals surface area contributed by atoms with Gasteiger partial charge in [0, 0.05) is 6.61 Å². The lowest BCUT2D eigenvalue weighted by atomic mass is 9.85. The van der Waals surface area contributed by atoms with Crippen molar-refractivity contribution in [3.63, 3.8) is 0 Å². The summed E-state index contributed by atoms with van der Waals surface area (Å²) in [6.07, 6.45) is 3.59. The van der Waals surface area contributed by atoms with Crippen molar-refractivity contribution in [1.82, 2.24) is 5.32 Å². The summed E-state index contributed by atoms with van der Waals surface area (Å²) in [6.45, 7) is 9.14. The van der Waals surface area contributed by atoms with Crippen LogP contribution in [0.2, 0.25) is 0 Å². The molecule has 76 valence electrons. The normalized spacial score (nSPS) is 31.3. The lowest BCUT2D eigenvalue weighted by Gasteiger charge is -2.40. The van der Waals surface area contributed by atoms with Gasteiger partial charge in [-0.2, -0.15) is 0 Å². The number of rotatable bonds is 3. The van der Waals surface area contributed by atoms with E-state index < -0.39 is 0 Å². The van der Waals surface area contributed by atoms with Gasteiger partial charge in [0.05, 0.1) is 11.6 Å². The first-order valence-corrected chi connectivity index (χ1v) is 5.07. The Labute approximate surface area is 81.4 Å². The number of hydrogen-bond acceptors (Lipinski definition) is 2. The van der Waals surface area contributed by atoms with E-state index in [0.717, 1.165) is 18.6 Å². The third-order valence-electron chi connectivity index (χ3n) is 2.89. The Morgan fingerprint density at radius 1 is 1.54 bits per heavy atom. The van der Waals surface area contributed by atoms with E-state index in [0.29, 0.717) is 0 Å². The smallest absolute Gasteiger partial charge is 0.0844 e. The second-order valence-electron chi connectivity index (χ2n) is 4.19. The van der Waals surface area contributed by atoms with Crippen molar-refractivity contribution < 1.29 is 4.74 Å². The van der Waals surface area contributed by atoms with E-state index in [9.17, 15) is 0 Å². The number of hydrogen-bond donors (Lipinski definition) is 1. The summed E-state index contributed by atoms with van der Waals surface area (Å²) in [5, 5.41) is 3.29. The first-order chi connectivity index (χ1) is 6.10. The number of ether oxygens (including phenoxy) is 1. The van der Waals surface area contributed by atoms with Gasteiger partial charge in [-0.3, -0.25) is 0 Å². The monoisotopic (exact) mass is 183 g/mol. The van der Waals surface area contributed by atoms with Gasteiger partial charge in [-0.15, -0.1) is 0 Å². The molecule has 1 heterocycles. The molecule has 1 fully saturated rings. The Kier molecular flexibility index (Phi) is 3.51. The molecule has 0 spiro atoms. The highest BCUT2D eigenvalue weighted by Crippen LogP contribution is 2.30. The average molecular weight is 183 g/mol. The van der Waals surface area contributed by atoms with Gasteiger partial charge in [-0.05, 0) is 40.2 Å². The van der Waals surface area contributed by atoms with Crippen LogP contribution in [0.15, 0.2) is 12.2 Å². The van der Waals surface area contributed by atoms with Crippen molar-refractivity contribution in [3.8, 4) is 0 Å². The van der Waals surface area contributed by atoms with E-state index in [1.807, 2.05) is 7.05 Å². The summed E-state index contributed by atoms with van der Waals surface area (Å²) in [6, 6.07) is 0.285. The van der Waals surface area contributed by atoms with E-state index in [1.165, 1.54) is 12.8 Å². The topological polar surface area (TPSA) is 21.3 Å². The summed E-state index contributed by atoms with van der Waals surface area (Å²) in [5.74, 6) is 0. The molecule has 0 aromatic carbocycles. The van der Waals surface area contributed by atoms with Crippen LogP contribution in [0.25, 0.3) is 0 Å². The van der Waals surface area contributed by atoms with Crippen LogP contribution >= 0.6 is 0 Å². The molecule has 1 aliphatic heterocycles. The maximum absolute atomic E-state index is 5.86. The molecule has 0 saturated carbocycles. The standard InChI is InChI=1S/C11H21NO/c1-9(2)10(12-4)11(3)7-5-6-8-13-11/h10,12H,1,5-8H2,2-4H3. The van der Waals surface area contributed by atoms with E-state index in [1.54, 1.807) is 0 Å². The molecule has 2 nitrogen and oxygen atoms in total. The lowest BCUT2D eigenvalue weighted by molar-refractivity contribution is -0.0796. The van der Waals surface area contributed by atoms with Crippen LogP contribution in [0.5, 0.6) is 0 Å². The molecule has 1 rings (SSSR count). The van der Waals surface area contributed by atoms with Crippen LogP contribution in [0, 0.1) is 0 Å². The Morgan fingerprint density at radius 3 is 2.62 bits per heavy atom. The molecular formula is C11H21NO. The van der Waals surface area contributed by atoms with Crippen LogP contribution in [0.1, 0.15) is 33.1 Å². The van der Waals surface area contributed by atoms with Gasteiger partial charge >= 0.3 is 0 Å². The molecule has 2 heteroatoms. The average Bonchev–Trinajstić information content (AvgIpc) is 2.05. The molecular weight excluding hydrogens is 162 g/mol. The molecule has 2 unspecified atom stereocenters. The molecule has 0 aromatic heterocycles. The van der Waals surface area contributed by atoms with E-state index in [4.69, 9.17) is 4.74 Å². The van der Waals surface area contributed by atoms with E-state index in [-0.39, 0.29) is 11.6 Å². The van der Waals surface area contributed by atoms with Crippen molar-refractivity contribution in [2.45, 2.75) is 44.8 Å². The van der Waals surface area contributed by atoms with Crippen molar-refractivity contribution in [2.24, 2.45) is 0 Å². The molecule has 1 aliphatic rings. The minimum absolute atomic E-state index is 0.0428. The maximum atomic E-state index is 5.86.